The molecule has 1 aromatic carbocycles. The molecule has 0 fully saturated rings. The number of aromatic amines is 1. The predicted octanol–water partition coefficient (Wildman–Crippen LogP) is 2.90. The van der Waals surface area contributed by atoms with Gasteiger partial charge in [0.05, 0.1) is 0 Å². The second-order valence-electron chi connectivity index (χ2n) is 5.90. The van der Waals surface area contributed by atoms with Gasteiger partial charge in [-0.15, -0.1) is 0 Å². The summed E-state index contributed by atoms with van der Waals surface area (Å²) in [5.74, 6) is 0.893. The fourth-order valence-electron chi connectivity index (χ4n) is 2.95. The second-order valence-corrected chi connectivity index (χ2v) is 5.90. The fraction of sp³-hybridized carbons (Fsp3) is 0.389. The average molecular weight is 296 g/mol. The van der Waals surface area contributed by atoms with Crippen LogP contribution in [0.25, 0.3) is 10.9 Å². The van der Waals surface area contributed by atoms with E-state index in [2.05, 4.69) is 64.1 Å². The van der Waals surface area contributed by atoms with Crippen LogP contribution in [0.5, 0.6) is 0 Å². The van der Waals surface area contributed by atoms with Gasteiger partial charge in [0.2, 0.25) is 0 Å². The third-order valence-corrected chi connectivity index (χ3v) is 4.18. The number of H-pyrrole nitrogens is 1. The first-order chi connectivity index (χ1) is 10.8. The maximum atomic E-state index is 4.30. The molecule has 0 saturated heterocycles. The standard InChI is InChI=1S/C18H24N4/c1-13-7-8-16-14(12-21-17(16)11-13)9-10-20-18(19-2)22-15-5-3-4-6-15/h3-4,7-8,11-12,15,21H,5-6,9-10H2,1-2H3,(H2,19,20,22). The summed E-state index contributed by atoms with van der Waals surface area (Å²) in [6.45, 7) is 3.00. The van der Waals surface area contributed by atoms with Crippen LogP contribution in [-0.2, 0) is 6.42 Å². The minimum atomic E-state index is 0.488. The molecule has 3 N–H and O–H groups in total. The van der Waals surface area contributed by atoms with E-state index < -0.39 is 0 Å². The van der Waals surface area contributed by atoms with Crippen molar-refractivity contribution in [2.45, 2.75) is 32.2 Å². The topological polar surface area (TPSA) is 52.2 Å². The highest BCUT2D eigenvalue weighted by Gasteiger charge is 2.11. The molecule has 1 aromatic heterocycles. The maximum Gasteiger partial charge on any atom is 0.191 e. The molecule has 0 unspecified atom stereocenters. The first-order valence-electron chi connectivity index (χ1n) is 7.95. The molecule has 3 rings (SSSR count). The van der Waals surface area contributed by atoms with Crippen LogP contribution in [0.1, 0.15) is 24.0 Å². The van der Waals surface area contributed by atoms with Crippen molar-refractivity contribution in [3.63, 3.8) is 0 Å². The van der Waals surface area contributed by atoms with Crippen molar-refractivity contribution in [3.8, 4) is 0 Å². The molecule has 0 aliphatic heterocycles. The van der Waals surface area contributed by atoms with E-state index >= 15 is 0 Å². The number of nitrogens with one attached hydrogen (secondary N) is 3. The molecule has 2 aromatic rings. The fourth-order valence-corrected chi connectivity index (χ4v) is 2.95. The second kappa shape index (κ2) is 6.69. The summed E-state index contributed by atoms with van der Waals surface area (Å²) in [5, 5.41) is 8.18. The van der Waals surface area contributed by atoms with Crippen LogP contribution >= 0.6 is 0 Å². The number of rotatable bonds is 4. The number of aryl methyl sites for hydroxylation is 1. The molecule has 1 aliphatic rings. The van der Waals surface area contributed by atoms with Crippen molar-refractivity contribution in [2.75, 3.05) is 13.6 Å². The molecule has 22 heavy (non-hydrogen) atoms. The Kier molecular flexibility index (Phi) is 4.47. The highest BCUT2D eigenvalue weighted by atomic mass is 15.2. The first-order valence-corrected chi connectivity index (χ1v) is 7.95. The van der Waals surface area contributed by atoms with Gasteiger partial charge in [-0.05, 0) is 43.4 Å². The zero-order valence-electron chi connectivity index (χ0n) is 13.3. The molecule has 116 valence electrons. The monoisotopic (exact) mass is 296 g/mol. The summed E-state index contributed by atoms with van der Waals surface area (Å²) in [4.78, 5) is 7.66. The highest BCUT2D eigenvalue weighted by Crippen LogP contribution is 2.19. The Hall–Kier alpha value is -2.23. The average Bonchev–Trinajstić information content (AvgIpc) is 3.16. The Morgan fingerprint density at radius 2 is 2.14 bits per heavy atom. The molecular formula is C18H24N4. The van der Waals surface area contributed by atoms with Crippen LogP contribution in [-0.4, -0.2) is 30.6 Å². The lowest BCUT2D eigenvalue weighted by Gasteiger charge is -2.16. The molecule has 0 spiro atoms. The Morgan fingerprint density at radius 3 is 2.91 bits per heavy atom. The van der Waals surface area contributed by atoms with Gasteiger partial charge in [-0.2, -0.15) is 0 Å². The number of aromatic nitrogens is 1. The lowest BCUT2D eigenvalue weighted by atomic mass is 10.1. The van der Waals surface area contributed by atoms with E-state index in [9.17, 15) is 0 Å². The maximum absolute atomic E-state index is 4.30. The number of guanidine groups is 1. The molecule has 0 amide bonds. The van der Waals surface area contributed by atoms with E-state index in [0.717, 1.165) is 31.8 Å². The van der Waals surface area contributed by atoms with Crippen molar-refractivity contribution in [1.82, 2.24) is 15.6 Å². The summed E-state index contributed by atoms with van der Waals surface area (Å²) in [6, 6.07) is 7.05. The molecule has 0 atom stereocenters. The van der Waals surface area contributed by atoms with Gasteiger partial charge in [0.1, 0.15) is 0 Å². The van der Waals surface area contributed by atoms with Gasteiger partial charge in [-0.25, -0.2) is 0 Å². The summed E-state index contributed by atoms with van der Waals surface area (Å²) >= 11 is 0. The lowest BCUT2D eigenvalue weighted by Crippen LogP contribution is -2.43. The van der Waals surface area contributed by atoms with Gasteiger partial charge in [0.25, 0.3) is 0 Å². The molecule has 4 heteroatoms. The van der Waals surface area contributed by atoms with Crippen LogP contribution in [0.15, 0.2) is 41.5 Å². The molecular weight excluding hydrogens is 272 g/mol. The molecule has 1 heterocycles. The Balaban J connectivity index is 1.55. The van der Waals surface area contributed by atoms with E-state index in [1.54, 1.807) is 0 Å². The zero-order valence-corrected chi connectivity index (χ0v) is 13.3. The molecule has 0 saturated carbocycles. The first kappa shape index (κ1) is 14.7. The van der Waals surface area contributed by atoms with Gasteiger partial charge in [-0.1, -0.05) is 24.3 Å². The predicted molar refractivity (Wildman–Crippen MR) is 93.4 cm³/mol. The van der Waals surface area contributed by atoms with Gasteiger partial charge in [-0.3, -0.25) is 4.99 Å². The number of aliphatic imine (C=N–C) groups is 1. The van der Waals surface area contributed by atoms with Crippen molar-refractivity contribution >= 4 is 16.9 Å². The largest absolute Gasteiger partial charge is 0.361 e. The zero-order chi connectivity index (χ0) is 15.4. The molecule has 4 nitrogen and oxygen atoms in total. The van der Waals surface area contributed by atoms with Gasteiger partial charge < -0.3 is 15.6 Å². The lowest BCUT2D eigenvalue weighted by molar-refractivity contribution is 0.633. The molecule has 1 aliphatic carbocycles. The summed E-state index contributed by atoms with van der Waals surface area (Å²) in [6.07, 6.45) is 9.71. The normalized spacial score (nSPS) is 15.6. The van der Waals surface area contributed by atoms with Crippen molar-refractivity contribution < 1.29 is 0 Å². The Morgan fingerprint density at radius 1 is 1.32 bits per heavy atom. The number of fused-ring (bicyclic) bond motifs is 1. The number of hydrogen-bond acceptors (Lipinski definition) is 1. The van der Waals surface area contributed by atoms with E-state index in [4.69, 9.17) is 0 Å². The summed E-state index contributed by atoms with van der Waals surface area (Å²) < 4.78 is 0. The number of benzene rings is 1. The minimum absolute atomic E-state index is 0.488. The number of hydrogen-bond donors (Lipinski definition) is 3. The number of nitrogens with zero attached hydrogens (tertiary/aromatic N) is 1. The van der Waals surface area contributed by atoms with E-state index in [0.29, 0.717) is 6.04 Å². The van der Waals surface area contributed by atoms with Crippen LogP contribution < -0.4 is 10.6 Å². The van der Waals surface area contributed by atoms with Crippen molar-refractivity contribution in [2.24, 2.45) is 4.99 Å². The van der Waals surface area contributed by atoms with Crippen molar-refractivity contribution in [1.29, 1.82) is 0 Å². The third kappa shape index (κ3) is 3.32. The van der Waals surface area contributed by atoms with E-state index in [-0.39, 0.29) is 0 Å². The van der Waals surface area contributed by atoms with Crippen LogP contribution in [0.2, 0.25) is 0 Å². The van der Waals surface area contributed by atoms with Gasteiger partial charge >= 0.3 is 0 Å². The third-order valence-electron chi connectivity index (χ3n) is 4.18. The Labute approximate surface area is 131 Å². The van der Waals surface area contributed by atoms with Crippen LogP contribution in [0.3, 0.4) is 0 Å². The quantitative estimate of drug-likeness (QED) is 0.461. The van der Waals surface area contributed by atoms with E-state index in [1.165, 1.54) is 22.0 Å². The van der Waals surface area contributed by atoms with Gasteiger partial charge in [0.15, 0.2) is 5.96 Å². The van der Waals surface area contributed by atoms with E-state index in [1.807, 2.05) is 7.05 Å². The SMILES string of the molecule is CN=C(NCCc1c[nH]c2cc(C)ccc12)NC1CC=CC1. The minimum Gasteiger partial charge on any atom is -0.361 e. The van der Waals surface area contributed by atoms with Gasteiger partial charge in [0, 0.05) is 36.7 Å². The molecule has 0 radical (unpaired) electrons. The molecule has 0 bridgehead atoms. The van der Waals surface area contributed by atoms with Crippen LogP contribution in [0, 0.1) is 6.92 Å². The smallest absolute Gasteiger partial charge is 0.191 e. The van der Waals surface area contributed by atoms with Crippen LogP contribution in [0.4, 0.5) is 0 Å². The summed E-state index contributed by atoms with van der Waals surface area (Å²) in [7, 11) is 1.83. The summed E-state index contributed by atoms with van der Waals surface area (Å²) in [5.41, 5.74) is 3.85. The van der Waals surface area contributed by atoms with Crippen molar-refractivity contribution in [3.05, 3.63) is 47.7 Å². The highest BCUT2D eigenvalue weighted by molar-refractivity contribution is 5.84. The Bertz CT molecular complexity index is 688.